The van der Waals surface area contributed by atoms with Gasteiger partial charge < -0.3 is 14.2 Å². The third-order valence-electron chi connectivity index (χ3n) is 3.74. The Kier molecular flexibility index (Phi) is 5.00. The second kappa shape index (κ2) is 7.36. The standard InChI is InChI=1S/C19H16O5S/c1-22-12-7-8-17(23-2)14(9-12)16(20)10-24-19(21)15-11-25-18-6-4-3-5-13(15)18/h3-9,11H,10H2,1-2H3. The van der Waals surface area contributed by atoms with E-state index in [0.29, 0.717) is 22.6 Å². The SMILES string of the molecule is COc1ccc(OC)c(C(=O)COC(=O)c2csc3ccccc23)c1. The molecular weight excluding hydrogens is 340 g/mol. The average Bonchev–Trinajstić information content (AvgIpc) is 3.09. The molecule has 0 bridgehead atoms. The molecule has 3 rings (SSSR count). The number of hydrogen-bond acceptors (Lipinski definition) is 6. The van der Waals surface area contributed by atoms with Gasteiger partial charge in [0, 0.05) is 15.5 Å². The molecule has 25 heavy (non-hydrogen) atoms. The van der Waals surface area contributed by atoms with Crippen LogP contribution in [0.5, 0.6) is 11.5 Å². The summed E-state index contributed by atoms with van der Waals surface area (Å²) >= 11 is 1.46. The molecule has 5 nitrogen and oxygen atoms in total. The Morgan fingerprint density at radius 2 is 1.80 bits per heavy atom. The maximum Gasteiger partial charge on any atom is 0.340 e. The summed E-state index contributed by atoms with van der Waals surface area (Å²) in [5.74, 6) is 0.0541. The number of methoxy groups -OCH3 is 2. The Bertz CT molecular complexity index is 928. The van der Waals surface area contributed by atoms with Crippen molar-refractivity contribution in [2.45, 2.75) is 0 Å². The number of ether oxygens (including phenoxy) is 3. The van der Waals surface area contributed by atoms with Gasteiger partial charge in [0.25, 0.3) is 0 Å². The maximum atomic E-state index is 12.4. The second-order valence-electron chi connectivity index (χ2n) is 5.21. The zero-order valence-corrected chi connectivity index (χ0v) is 14.6. The van der Waals surface area contributed by atoms with E-state index < -0.39 is 5.97 Å². The van der Waals surface area contributed by atoms with Crippen molar-refractivity contribution in [1.29, 1.82) is 0 Å². The van der Waals surface area contributed by atoms with Crippen molar-refractivity contribution in [2.24, 2.45) is 0 Å². The van der Waals surface area contributed by atoms with Crippen molar-refractivity contribution in [2.75, 3.05) is 20.8 Å². The quantitative estimate of drug-likeness (QED) is 0.494. The summed E-state index contributed by atoms with van der Waals surface area (Å²) in [5, 5.41) is 2.56. The number of esters is 1. The van der Waals surface area contributed by atoms with E-state index in [1.807, 2.05) is 24.3 Å². The molecule has 0 radical (unpaired) electrons. The van der Waals surface area contributed by atoms with Gasteiger partial charge in [-0.1, -0.05) is 18.2 Å². The molecule has 1 heterocycles. The van der Waals surface area contributed by atoms with Crippen LogP contribution in [0, 0.1) is 0 Å². The van der Waals surface area contributed by atoms with Crippen LogP contribution in [-0.2, 0) is 4.74 Å². The van der Waals surface area contributed by atoms with Crippen LogP contribution in [0.15, 0.2) is 47.8 Å². The van der Waals surface area contributed by atoms with Crippen molar-refractivity contribution in [1.82, 2.24) is 0 Å². The van der Waals surface area contributed by atoms with Crippen LogP contribution in [0.4, 0.5) is 0 Å². The minimum Gasteiger partial charge on any atom is -0.497 e. The molecular formula is C19H16O5S. The molecule has 0 spiro atoms. The summed E-state index contributed by atoms with van der Waals surface area (Å²) in [4.78, 5) is 24.7. The van der Waals surface area contributed by atoms with E-state index in [1.165, 1.54) is 25.6 Å². The maximum absolute atomic E-state index is 12.4. The normalized spacial score (nSPS) is 10.5. The molecule has 0 atom stereocenters. The van der Waals surface area contributed by atoms with Crippen molar-refractivity contribution in [3.8, 4) is 11.5 Å². The number of ketones is 1. The lowest BCUT2D eigenvalue weighted by molar-refractivity contribution is 0.0476. The highest BCUT2D eigenvalue weighted by atomic mass is 32.1. The molecule has 0 aliphatic rings. The summed E-state index contributed by atoms with van der Waals surface area (Å²) in [6, 6.07) is 12.5. The molecule has 0 unspecified atom stereocenters. The number of Topliss-reactive ketones (excluding diaryl/α,β-unsaturated/α-hetero) is 1. The van der Waals surface area contributed by atoms with Crippen LogP contribution < -0.4 is 9.47 Å². The largest absolute Gasteiger partial charge is 0.497 e. The van der Waals surface area contributed by atoms with Crippen LogP contribution in [0.2, 0.25) is 0 Å². The van der Waals surface area contributed by atoms with Crippen LogP contribution in [0.1, 0.15) is 20.7 Å². The fourth-order valence-corrected chi connectivity index (χ4v) is 3.38. The van der Waals surface area contributed by atoms with Crippen LogP contribution in [0.3, 0.4) is 0 Å². The van der Waals surface area contributed by atoms with Crippen LogP contribution in [-0.4, -0.2) is 32.6 Å². The van der Waals surface area contributed by atoms with E-state index in [1.54, 1.807) is 23.6 Å². The molecule has 1 aromatic heterocycles. The molecule has 0 saturated heterocycles. The van der Waals surface area contributed by atoms with Gasteiger partial charge in [0.2, 0.25) is 5.78 Å². The number of fused-ring (bicyclic) bond motifs is 1. The monoisotopic (exact) mass is 356 g/mol. The van der Waals surface area contributed by atoms with Crippen molar-refractivity contribution >= 4 is 33.2 Å². The van der Waals surface area contributed by atoms with Gasteiger partial charge in [-0.2, -0.15) is 0 Å². The topological polar surface area (TPSA) is 61.8 Å². The first kappa shape index (κ1) is 17.0. The molecule has 3 aromatic rings. The van der Waals surface area contributed by atoms with Gasteiger partial charge >= 0.3 is 5.97 Å². The lowest BCUT2D eigenvalue weighted by Crippen LogP contribution is -2.15. The minimum atomic E-state index is -0.521. The summed E-state index contributed by atoms with van der Waals surface area (Å²) in [5.41, 5.74) is 0.774. The van der Waals surface area contributed by atoms with E-state index >= 15 is 0 Å². The number of carbonyl (C=O) groups excluding carboxylic acids is 2. The van der Waals surface area contributed by atoms with Gasteiger partial charge in [-0.15, -0.1) is 11.3 Å². The average molecular weight is 356 g/mol. The third kappa shape index (κ3) is 3.49. The summed E-state index contributed by atoms with van der Waals surface area (Å²) in [6.45, 7) is -0.369. The molecule has 0 saturated carbocycles. The Morgan fingerprint density at radius 1 is 1.00 bits per heavy atom. The summed E-state index contributed by atoms with van der Waals surface area (Å²) in [7, 11) is 2.99. The minimum absolute atomic E-state index is 0.310. The van der Waals surface area contributed by atoms with E-state index in [9.17, 15) is 9.59 Å². The van der Waals surface area contributed by atoms with Gasteiger partial charge in [-0.05, 0) is 24.3 Å². The molecule has 6 heteroatoms. The highest BCUT2D eigenvalue weighted by molar-refractivity contribution is 7.17. The number of benzene rings is 2. The van der Waals surface area contributed by atoms with E-state index in [-0.39, 0.29) is 12.4 Å². The van der Waals surface area contributed by atoms with Crippen molar-refractivity contribution in [3.05, 3.63) is 59.0 Å². The second-order valence-corrected chi connectivity index (χ2v) is 6.12. The first-order chi connectivity index (χ1) is 12.1. The summed E-state index contributed by atoms with van der Waals surface area (Å²) in [6.07, 6.45) is 0. The van der Waals surface area contributed by atoms with E-state index in [2.05, 4.69) is 0 Å². The predicted octanol–water partition coefficient (Wildman–Crippen LogP) is 3.96. The number of thiophene rings is 1. The zero-order chi connectivity index (χ0) is 17.8. The third-order valence-corrected chi connectivity index (χ3v) is 4.71. The zero-order valence-electron chi connectivity index (χ0n) is 13.8. The molecule has 0 amide bonds. The highest BCUT2D eigenvalue weighted by Gasteiger charge is 2.18. The first-order valence-electron chi connectivity index (χ1n) is 7.52. The molecule has 128 valence electrons. The predicted molar refractivity (Wildman–Crippen MR) is 96.0 cm³/mol. The van der Waals surface area contributed by atoms with E-state index in [0.717, 1.165) is 10.1 Å². The Morgan fingerprint density at radius 3 is 2.56 bits per heavy atom. The van der Waals surface area contributed by atoms with Crippen LogP contribution >= 0.6 is 11.3 Å². The van der Waals surface area contributed by atoms with Gasteiger partial charge in [0.1, 0.15) is 11.5 Å². The molecule has 0 aliphatic heterocycles. The first-order valence-corrected chi connectivity index (χ1v) is 8.40. The summed E-state index contributed by atoms with van der Waals surface area (Å²) < 4.78 is 16.5. The van der Waals surface area contributed by atoms with E-state index in [4.69, 9.17) is 14.2 Å². The number of carbonyl (C=O) groups is 2. The van der Waals surface area contributed by atoms with Crippen molar-refractivity contribution in [3.63, 3.8) is 0 Å². The Balaban J connectivity index is 1.75. The molecule has 0 N–H and O–H groups in total. The van der Waals surface area contributed by atoms with Gasteiger partial charge in [-0.3, -0.25) is 4.79 Å². The molecule has 0 aliphatic carbocycles. The fraction of sp³-hybridized carbons (Fsp3) is 0.158. The Labute approximate surface area is 148 Å². The van der Waals surface area contributed by atoms with Crippen molar-refractivity contribution < 1.29 is 23.8 Å². The highest BCUT2D eigenvalue weighted by Crippen LogP contribution is 2.27. The lowest BCUT2D eigenvalue weighted by atomic mass is 10.1. The fourth-order valence-electron chi connectivity index (χ4n) is 2.45. The smallest absolute Gasteiger partial charge is 0.340 e. The lowest BCUT2D eigenvalue weighted by Gasteiger charge is -2.10. The number of hydrogen-bond donors (Lipinski definition) is 0. The van der Waals surface area contributed by atoms with Gasteiger partial charge in [0.05, 0.1) is 25.3 Å². The van der Waals surface area contributed by atoms with Gasteiger partial charge in [-0.25, -0.2) is 4.79 Å². The van der Waals surface area contributed by atoms with Crippen LogP contribution in [0.25, 0.3) is 10.1 Å². The van der Waals surface area contributed by atoms with Gasteiger partial charge in [0.15, 0.2) is 6.61 Å². The molecule has 0 fully saturated rings. The number of rotatable bonds is 6. The molecule has 2 aromatic carbocycles. The Hall–Kier alpha value is -2.86.